The van der Waals surface area contributed by atoms with Crippen molar-refractivity contribution in [1.29, 1.82) is 0 Å². The molecule has 0 heterocycles. The molecule has 4 rings (SSSR count). The van der Waals surface area contributed by atoms with Gasteiger partial charge in [-0.1, -0.05) is 24.3 Å². The Morgan fingerprint density at radius 1 is 0.731 bits per heavy atom. The molecule has 0 saturated carbocycles. The molecular weight excluding hydrogens is 332 g/mol. The van der Waals surface area contributed by atoms with Crippen molar-refractivity contribution in [1.82, 2.24) is 0 Å². The van der Waals surface area contributed by atoms with Crippen LogP contribution in [0.4, 0.5) is 0 Å². The van der Waals surface area contributed by atoms with Gasteiger partial charge in [-0.05, 0) is 26.0 Å². The zero-order chi connectivity index (χ0) is 18.7. The molecule has 2 aromatic rings. The van der Waals surface area contributed by atoms with Crippen molar-refractivity contribution in [3.05, 3.63) is 69.8 Å². The molecule has 0 radical (unpaired) electrons. The zero-order valence-corrected chi connectivity index (χ0v) is 14.2. The fourth-order valence-electron chi connectivity index (χ4n) is 3.63. The summed E-state index contributed by atoms with van der Waals surface area (Å²) in [6.45, 7) is 3.07. The van der Waals surface area contributed by atoms with Gasteiger partial charge in [0, 0.05) is 33.4 Å². The highest BCUT2D eigenvalue weighted by atomic mass is 16.2. The Labute approximate surface area is 149 Å². The van der Waals surface area contributed by atoms with E-state index in [1.807, 2.05) is 0 Å². The number of ketones is 5. The molecule has 0 fully saturated rings. The molecule has 26 heavy (non-hydrogen) atoms. The molecule has 0 spiro atoms. The van der Waals surface area contributed by atoms with Crippen LogP contribution in [0.25, 0.3) is 0 Å². The minimum atomic E-state index is -0.793. The number of carbonyl (C=O) groups is 5. The molecule has 128 valence electrons. The summed E-state index contributed by atoms with van der Waals surface area (Å²) in [6, 6.07) is 8.99. The van der Waals surface area contributed by atoms with Crippen molar-refractivity contribution < 1.29 is 24.0 Å². The zero-order valence-electron chi connectivity index (χ0n) is 14.2. The first-order valence-electron chi connectivity index (χ1n) is 8.31. The quantitative estimate of drug-likeness (QED) is 0.616. The van der Waals surface area contributed by atoms with Gasteiger partial charge in [0.2, 0.25) is 0 Å². The fourth-order valence-corrected chi connectivity index (χ4v) is 3.63. The lowest BCUT2D eigenvalue weighted by atomic mass is 9.93. The molecule has 2 aliphatic rings. The van der Waals surface area contributed by atoms with Gasteiger partial charge in [0.25, 0.3) is 0 Å². The summed E-state index contributed by atoms with van der Waals surface area (Å²) in [5.41, 5.74) is 1.32. The topological polar surface area (TPSA) is 85.3 Å². The lowest BCUT2D eigenvalue weighted by Crippen LogP contribution is -2.12. The Bertz CT molecular complexity index is 1060. The first-order valence-corrected chi connectivity index (χ1v) is 8.31. The molecule has 0 bridgehead atoms. The van der Waals surface area contributed by atoms with Crippen LogP contribution in [-0.2, 0) is 0 Å². The van der Waals surface area contributed by atoms with Crippen LogP contribution in [-0.4, -0.2) is 28.9 Å². The van der Waals surface area contributed by atoms with Crippen LogP contribution in [0.5, 0.6) is 0 Å². The van der Waals surface area contributed by atoms with Gasteiger partial charge in [-0.15, -0.1) is 0 Å². The minimum Gasteiger partial charge on any atom is -0.293 e. The van der Waals surface area contributed by atoms with E-state index in [0.717, 1.165) is 0 Å². The van der Waals surface area contributed by atoms with E-state index in [1.54, 1.807) is 19.1 Å². The number of hydrogen-bond donors (Lipinski definition) is 0. The summed E-state index contributed by atoms with van der Waals surface area (Å²) in [6.07, 6.45) is 0. The van der Waals surface area contributed by atoms with Crippen LogP contribution in [0.3, 0.4) is 0 Å². The van der Waals surface area contributed by atoms with Gasteiger partial charge in [0.1, 0.15) is 0 Å². The van der Waals surface area contributed by atoms with E-state index in [0.29, 0.717) is 5.56 Å². The van der Waals surface area contributed by atoms with Gasteiger partial charge in [0.05, 0.1) is 11.8 Å². The fraction of sp³-hybridized carbons (Fsp3) is 0.190. The van der Waals surface area contributed by atoms with E-state index in [-0.39, 0.29) is 51.0 Å². The molecule has 2 atom stereocenters. The van der Waals surface area contributed by atoms with Crippen LogP contribution < -0.4 is 0 Å². The largest absolute Gasteiger partial charge is 0.293 e. The van der Waals surface area contributed by atoms with Crippen molar-refractivity contribution >= 4 is 28.9 Å². The van der Waals surface area contributed by atoms with Crippen LogP contribution in [0, 0.1) is 11.8 Å². The number of fused-ring (bicyclic) bond motifs is 2. The van der Waals surface area contributed by atoms with Gasteiger partial charge >= 0.3 is 0 Å². The molecule has 0 saturated heterocycles. The van der Waals surface area contributed by atoms with E-state index in [1.165, 1.54) is 31.2 Å². The first-order chi connectivity index (χ1) is 12.3. The standard InChI is InChI=1S/C21H14O5/c1-9-17(22)12-7-6-11(8-15(12)19(9)24)21(26)14-5-3-4-13-16(14)20(25)10(2)18(13)23/h3-10H,1-2H3. The summed E-state index contributed by atoms with van der Waals surface area (Å²) >= 11 is 0. The van der Waals surface area contributed by atoms with Crippen molar-refractivity contribution in [2.45, 2.75) is 13.8 Å². The van der Waals surface area contributed by atoms with Crippen LogP contribution >= 0.6 is 0 Å². The lowest BCUT2D eigenvalue weighted by molar-refractivity contribution is 0.0836. The normalized spacial score (nSPS) is 21.2. The van der Waals surface area contributed by atoms with Crippen molar-refractivity contribution in [2.24, 2.45) is 11.8 Å². The smallest absolute Gasteiger partial charge is 0.193 e. The Hall–Kier alpha value is -3.21. The Balaban J connectivity index is 1.83. The summed E-state index contributed by atoms with van der Waals surface area (Å²) in [5, 5.41) is 0. The monoisotopic (exact) mass is 346 g/mol. The molecule has 0 amide bonds. The first kappa shape index (κ1) is 16.3. The number of carbonyl (C=O) groups excluding carboxylic acids is 5. The third-order valence-corrected chi connectivity index (χ3v) is 5.21. The average molecular weight is 346 g/mol. The van der Waals surface area contributed by atoms with Crippen molar-refractivity contribution in [3.63, 3.8) is 0 Å². The summed E-state index contributed by atoms with van der Waals surface area (Å²) < 4.78 is 0. The van der Waals surface area contributed by atoms with Crippen LogP contribution in [0.1, 0.15) is 71.2 Å². The van der Waals surface area contributed by atoms with Gasteiger partial charge in [-0.3, -0.25) is 24.0 Å². The molecular formula is C21H14O5. The summed E-state index contributed by atoms with van der Waals surface area (Å²) in [5.74, 6) is -3.19. The van der Waals surface area contributed by atoms with E-state index < -0.39 is 17.6 Å². The predicted octanol–water partition coefficient (Wildman–Crippen LogP) is 2.95. The maximum atomic E-state index is 13.0. The lowest BCUT2D eigenvalue weighted by Gasteiger charge is -2.07. The summed E-state index contributed by atoms with van der Waals surface area (Å²) in [4.78, 5) is 61.8. The molecule has 5 heteroatoms. The number of hydrogen-bond acceptors (Lipinski definition) is 5. The van der Waals surface area contributed by atoms with E-state index >= 15 is 0 Å². The average Bonchev–Trinajstić information content (AvgIpc) is 3.01. The van der Waals surface area contributed by atoms with E-state index in [2.05, 4.69) is 0 Å². The van der Waals surface area contributed by atoms with Gasteiger partial charge in [-0.25, -0.2) is 0 Å². The molecule has 2 aromatic carbocycles. The SMILES string of the molecule is CC1C(=O)c2ccc(C(=O)c3cccc4c3C(=O)C(C)C4=O)cc2C1=O. The maximum absolute atomic E-state index is 13.0. The highest BCUT2D eigenvalue weighted by molar-refractivity contribution is 6.31. The number of Topliss-reactive ketones (excluding diaryl/α,β-unsaturated/α-hetero) is 4. The second-order valence-electron chi connectivity index (χ2n) is 6.72. The predicted molar refractivity (Wildman–Crippen MR) is 92.0 cm³/mol. The van der Waals surface area contributed by atoms with Crippen molar-refractivity contribution in [3.8, 4) is 0 Å². The van der Waals surface area contributed by atoms with Crippen molar-refractivity contribution in [2.75, 3.05) is 0 Å². The Kier molecular flexibility index (Phi) is 3.37. The molecule has 0 aliphatic heterocycles. The highest BCUT2D eigenvalue weighted by Gasteiger charge is 2.39. The molecule has 2 aliphatic carbocycles. The maximum Gasteiger partial charge on any atom is 0.193 e. The van der Waals surface area contributed by atoms with Crippen LogP contribution in [0.15, 0.2) is 36.4 Å². The molecule has 0 N–H and O–H groups in total. The van der Waals surface area contributed by atoms with Crippen LogP contribution in [0.2, 0.25) is 0 Å². The molecule has 2 unspecified atom stereocenters. The summed E-state index contributed by atoms with van der Waals surface area (Å²) in [7, 11) is 0. The number of benzene rings is 2. The second kappa shape index (κ2) is 5.39. The van der Waals surface area contributed by atoms with Gasteiger partial charge in [0.15, 0.2) is 28.9 Å². The third kappa shape index (κ3) is 2.00. The highest BCUT2D eigenvalue weighted by Crippen LogP contribution is 2.32. The van der Waals surface area contributed by atoms with E-state index in [4.69, 9.17) is 0 Å². The van der Waals surface area contributed by atoms with E-state index in [9.17, 15) is 24.0 Å². The third-order valence-electron chi connectivity index (χ3n) is 5.21. The van der Waals surface area contributed by atoms with Gasteiger partial charge < -0.3 is 0 Å². The Morgan fingerprint density at radius 2 is 1.35 bits per heavy atom. The second-order valence-corrected chi connectivity index (χ2v) is 6.72. The Morgan fingerprint density at radius 3 is 2.08 bits per heavy atom. The molecule has 5 nitrogen and oxygen atoms in total. The number of rotatable bonds is 2. The molecule has 0 aromatic heterocycles. The van der Waals surface area contributed by atoms with Gasteiger partial charge in [-0.2, -0.15) is 0 Å². The minimum absolute atomic E-state index is 0.145.